The molecule has 1 fully saturated rings. The minimum absolute atomic E-state index is 0.00535. The Morgan fingerprint density at radius 1 is 0.844 bits per heavy atom. The molecule has 1 aliphatic heterocycles. The van der Waals surface area contributed by atoms with Crippen molar-refractivity contribution in [2.24, 2.45) is 0 Å². The van der Waals surface area contributed by atoms with Gasteiger partial charge in [0.05, 0.1) is 13.7 Å². The highest BCUT2D eigenvalue weighted by atomic mass is 16.9. The first kappa shape index (κ1) is 26.6. The standard InChI is InChI=1S/C27H42O5/c1-3-4-5-6-7-8-9-10-11-12-13-14-21-30-27(31-22-25(28)23-32-27)20-19-24-15-17-26(29-2)18-16-24/h15-20H,3-14,21-23H2,1-2H3/b20-19+. The molecular weight excluding hydrogens is 404 g/mol. The van der Waals surface area contributed by atoms with E-state index in [-0.39, 0.29) is 19.0 Å². The maximum absolute atomic E-state index is 11.5. The average Bonchev–Trinajstić information content (AvgIpc) is 2.83. The Balaban J connectivity index is 1.64. The normalized spacial score (nSPS) is 16.0. The molecule has 1 aromatic carbocycles. The summed E-state index contributed by atoms with van der Waals surface area (Å²) in [6, 6.07) is 7.68. The number of benzene rings is 1. The van der Waals surface area contributed by atoms with E-state index in [0.29, 0.717) is 6.61 Å². The lowest BCUT2D eigenvalue weighted by atomic mass is 10.1. The van der Waals surface area contributed by atoms with E-state index in [4.69, 9.17) is 18.9 Å². The van der Waals surface area contributed by atoms with E-state index in [1.54, 1.807) is 13.2 Å². The molecule has 0 radical (unpaired) electrons. The molecule has 0 N–H and O–H groups in total. The topological polar surface area (TPSA) is 54.0 Å². The number of methoxy groups -OCH3 is 1. The third-order valence-corrected chi connectivity index (χ3v) is 5.77. The van der Waals surface area contributed by atoms with Crippen LogP contribution in [0.5, 0.6) is 5.75 Å². The monoisotopic (exact) mass is 446 g/mol. The second-order valence-corrected chi connectivity index (χ2v) is 8.56. The molecule has 0 aromatic heterocycles. The van der Waals surface area contributed by atoms with Gasteiger partial charge >= 0.3 is 5.97 Å². The third-order valence-electron chi connectivity index (χ3n) is 5.77. The van der Waals surface area contributed by atoms with Gasteiger partial charge in [-0.1, -0.05) is 95.8 Å². The number of rotatable bonds is 17. The van der Waals surface area contributed by atoms with Crippen molar-refractivity contribution < 1.29 is 23.7 Å². The number of unbranched alkanes of at least 4 members (excludes halogenated alkanes) is 11. The second-order valence-electron chi connectivity index (χ2n) is 8.56. The molecule has 1 aromatic rings. The molecular formula is C27H42O5. The van der Waals surface area contributed by atoms with Crippen molar-refractivity contribution in [1.82, 2.24) is 0 Å². The third kappa shape index (κ3) is 10.8. The van der Waals surface area contributed by atoms with Gasteiger partial charge in [0.25, 0.3) is 0 Å². The summed E-state index contributed by atoms with van der Waals surface area (Å²) in [6.45, 7) is 2.82. The van der Waals surface area contributed by atoms with Crippen LogP contribution in [-0.2, 0) is 19.0 Å². The predicted molar refractivity (Wildman–Crippen MR) is 129 cm³/mol. The van der Waals surface area contributed by atoms with Crippen LogP contribution in [0, 0.1) is 0 Å². The van der Waals surface area contributed by atoms with Crippen molar-refractivity contribution in [2.45, 2.75) is 89.9 Å². The summed E-state index contributed by atoms with van der Waals surface area (Å²) in [4.78, 5) is 11.5. The largest absolute Gasteiger partial charge is 0.497 e. The van der Waals surface area contributed by atoms with Gasteiger partial charge in [0.1, 0.15) is 19.0 Å². The maximum Gasteiger partial charge on any atom is 0.305 e. The zero-order valence-electron chi connectivity index (χ0n) is 20.1. The molecule has 0 amide bonds. The molecule has 1 aliphatic rings. The first-order valence-corrected chi connectivity index (χ1v) is 12.4. The molecule has 1 saturated heterocycles. The van der Waals surface area contributed by atoms with Gasteiger partial charge < -0.3 is 18.9 Å². The molecule has 0 atom stereocenters. The second kappa shape index (κ2) is 16.0. The number of hydrogen-bond acceptors (Lipinski definition) is 5. The quantitative estimate of drug-likeness (QED) is 0.249. The van der Waals surface area contributed by atoms with E-state index in [2.05, 4.69) is 6.92 Å². The van der Waals surface area contributed by atoms with E-state index < -0.39 is 5.97 Å². The Labute approximate surface area is 194 Å². The van der Waals surface area contributed by atoms with E-state index >= 15 is 0 Å². The summed E-state index contributed by atoms with van der Waals surface area (Å²) in [5, 5.41) is 0. The van der Waals surface area contributed by atoms with Crippen LogP contribution < -0.4 is 4.74 Å². The molecule has 0 aliphatic carbocycles. The van der Waals surface area contributed by atoms with Crippen molar-refractivity contribution in [2.75, 3.05) is 26.9 Å². The van der Waals surface area contributed by atoms with E-state index in [1.165, 1.54) is 64.2 Å². The lowest BCUT2D eigenvalue weighted by molar-refractivity contribution is -0.356. The molecule has 180 valence electrons. The van der Waals surface area contributed by atoms with Crippen LogP contribution in [0.4, 0.5) is 0 Å². The summed E-state index contributed by atoms with van der Waals surface area (Å²) >= 11 is 0. The number of carbonyl (C=O) groups is 1. The summed E-state index contributed by atoms with van der Waals surface area (Å²) in [7, 11) is 1.64. The molecule has 2 rings (SSSR count). The van der Waals surface area contributed by atoms with Crippen LogP contribution in [-0.4, -0.2) is 38.7 Å². The van der Waals surface area contributed by atoms with Gasteiger partial charge in [0, 0.05) is 6.08 Å². The fourth-order valence-electron chi connectivity index (χ4n) is 3.74. The van der Waals surface area contributed by atoms with Crippen molar-refractivity contribution in [1.29, 1.82) is 0 Å². The lowest BCUT2D eigenvalue weighted by Crippen LogP contribution is -2.45. The Kier molecular flexibility index (Phi) is 13.3. The van der Waals surface area contributed by atoms with Gasteiger partial charge in [0.2, 0.25) is 0 Å². The fraction of sp³-hybridized carbons (Fsp3) is 0.667. The zero-order valence-corrected chi connectivity index (χ0v) is 20.1. The Morgan fingerprint density at radius 3 is 1.91 bits per heavy atom. The maximum atomic E-state index is 11.5. The van der Waals surface area contributed by atoms with Crippen molar-refractivity contribution in [3.8, 4) is 5.75 Å². The van der Waals surface area contributed by atoms with Crippen molar-refractivity contribution >= 4 is 11.9 Å². The molecule has 0 bridgehead atoms. The number of Topliss-reactive ketones (excluding diaryl/α,β-unsaturated/α-hetero) is 1. The highest BCUT2D eigenvalue weighted by Crippen LogP contribution is 2.24. The summed E-state index contributed by atoms with van der Waals surface area (Å²) in [5.41, 5.74) is 0.975. The number of ketones is 1. The van der Waals surface area contributed by atoms with Gasteiger partial charge in [-0.25, -0.2) is 0 Å². The fourth-order valence-corrected chi connectivity index (χ4v) is 3.74. The Bertz CT molecular complexity index is 643. The average molecular weight is 447 g/mol. The summed E-state index contributed by atoms with van der Waals surface area (Å²) in [5.74, 6) is -0.561. The molecule has 0 unspecified atom stereocenters. The van der Waals surface area contributed by atoms with Crippen LogP contribution in [0.1, 0.15) is 89.5 Å². The SMILES string of the molecule is CCCCCCCCCCCCCCOC1(/C=C/c2ccc(OC)cc2)OCC(=O)CO1. The Hall–Kier alpha value is -1.69. The molecule has 1 heterocycles. The lowest BCUT2D eigenvalue weighted by Gasteiger charge is -2.33. The summed E-state index contributed by atoms with van der Waals surface area (Å²) in [6.07, 6.45) is 19.2. The van der Waals surface area contributed by atoms with E-state index in [1.807, 2.05) is 30.3 Å². The molecule has 32 heavy (non-hydrogen) atoms. The molecule has 0 spiro atoms. The van der Waals surface area contributed by atoms with Crippen LogP contribution in [0.2, 0.25) is 0 Å². The van der Waals surface area contributed by atoms with Gasteiger partial charge in [-0.05, 0) is 24.1 Å². The first-order chi connectivity index (χ1) is 15.7. The van der Waals surface area contributed by atoms with Gasteiger partial charge in [0.15, 0.2) is 5.78 Å². The predicted octanol–water partition coefficient (Wildman–Crippen LogP) is 6.70. The van der Waals surface area contributed by atoms with E-state index in [9.17, 15) is 4.79 Å². The van der Waals surface area contributed by atoms with Crippen LogP contribution in [0.3, 0.4) is 0 Å². The van der Waals surface area contributed by atoms with Gasteiger partial charge in [-0.3, -0.25) is 4.79 Å². The molecule has 5 heteroatoms. The zero-order chi connectivity index (χ0) is 22.9. The number of ether oxygens (including phenoxy) is 4. The van der Waals surface area contributed by atoms with Crippen molar-refractivity contribution in [3.63, 3.8) is 0 Å². The highest BCUT2D eigenvalue weighted by molar-refractivity contribution is 5.81. The summed E-state index contributed by atoms with van der Waals surface area (Å²) < 4.78 is 22.5. The van der Waals surface area contributed by atoms with E-state index in [0.717, 1.165) is 24.2 Å². The van der Waals surface area contributed by atoms with Gasteiger partial charge in [-0.15, -0.1) is 0 Å². The number of carbonyl (C=O) groups excluding carboxylic acids is 1. The van der Waals surface area contributed by atoms with Gasteiger partial charge in [-0.2, -0.15) is 0 Å². The van der Waals surface area contributed by atoms with Crippen LogP contribution in [0.15, 0.2) is 30.3 Å². The molecule has 0 saturated carbocycles. The number of hydrogen-bond donors (Lipinski definition) is 0. The van der Waals surface area contributed by atoms with Crippen LogP contribution >= 0.6 is 0 Å². The smallest absolute Gasteiger partial charge is 0.305 e. The molecule has 5 nitrogen and oxygen atoms in total. The minimum Gasteiger partial charge on any atom is -0.497 e. The van der Waals surface area contributed by atoms with Crippen LogP contribution in [0.25, 0.3) is 6.08 Å². The first-order valence-electron chi connectivity index (χ1n) is 12.4. The highest BCUT2D eigenvalue weighted by Gasteiger charge is 2.36. The van der Waals surface area contributed by atoms with Crippen molar-refractivity contribution in [3.05, 3.63) is 35.9 Å². The minimum atomic E-state index is -1.29. The Morgan fingerprint density at radius 2 is 1.38 bits per heavy atom.